The first-order chi connectivity index (χ1) is 9.86. The number of rotatable bonds is 3. The highest BCUT2D eigenvalue weighted by Gasteiger charge is 2.26. The third-order valence-corrected chi connectivity index (χ3v) is 4.98. The Balaban J connectivity index is 1.66. The van der Waals surface area contributed by atoms with E-state index in [0.29, 0.717) is 6.04 Å². The molecular formula is C18H28N2. The number of nitrogens with one attached hydrogen (secondary N) is 1. The quantitative estimate of drug-likeness (QED) is 0.910. The van der Waals surface area contributed by atoms with Crippen molar-refractivity contribution >= 4 is 0 Å². The monoisotopic (exact) mass is 272 g/mol. The fourth-order valence-corrected chi connectivity index (χ4v) is 3.89. The summed E-state index contributed by atoms with van der Waals surface area (Å²) in [5.74, 6) is 0. The van der Waals surface area contributed by atoms with E-state index in [-0.39, 0.29) is 0 Å². The van der Waals surface area contributed by atoms with Crippen LogP contribution in [0.5, 0.6) is 0 Å². The van der Waals surface area contributed by atoms with Crippen molar-refractivity contribution in [1.29, 1.82) is 0 Å². The Morgan fingerprint density at radius 1 is 1.25 bits per heavy atom. The van der Waals surface area contributed by atoms with Gasteiger partial charge in [0, 0.05) is 18.6 Å². The van der Waals surface area contributed by atoms with Crippen molar-refractivity contribution < 1.29 is 0 Å². The average Bonchev–Trinajstić information content (AvgIpc) is 2.73. The predicted octanol–water partition coefficient (Wildman–Crippen LogP) is 3.01. The molecule has 2 atom stereocenters. The van der Waals surface area contributed by atoms with Crippen LogP contribution in [0, 0.1) is 0 Å². The van der Waals surface area contributed by atoms with Crippen molar-refractivity contribution in [3.05, 3.63) is 35.4 Å². The van der Waals surface area contributed by atoms with Crippen LogP contribution in [0.4, 0.5) is 0 Å². The molecule has 20 heavy (non-hydrogen) atoms. The van der Waals surface area contributed by atoms with Crippen molar-refractivity contribution in [3.63, 3.8) is 0 Å². The molecule has 1 aromatic rings. The fourth-order valence-electron chi connectivity index (χ4n) is 3.89. The summed E-state index contributed by atoms with van der Waals surface area (Å²) < 4.78 is 0. The van der Waals surface area contributed by atoms with Gasteiger partial charge in [0.1, 0.15) is 0 Å². The van der Waals surface area contributed by atoms with E-state index in [1.165, 1.54) is 58.2 Å². The second-order valence-electron chi connectivity index (χ2n) is 6.45. The van der Waals surface area contributed by atoms with E-state index >= 15 is 0 Å². The van der Waals surface area contributed by atoms with E-state index in [1.807, 2.05) is 0 Å². The summed E-state index contributed by atoms with van der Waals surface area (Å²) in [7, 11) is 0. The summed E-state index contributed by atoms with van der Waals surface area (Å²) in [5.41, 5.74) is 3.18. The van der Waals surface area contributed by atoms with E-state index in [9.17, 15) is 0 Å². The Kier molecular flexibility index (Phi) is 4.74. The van der Waals surface area contributed by atoms with Crippen molar-refractivity contribution in [1.82, 2.24) is 10.2 Å². The van der Waals surface area contributed by atoms with Crippen LogP contribution in [0.25, 0.3) is 0 Å². The lowest BCUT2D eigenvalue weighted by Gasteiger charge is -2.36. The lowest BCUT2D eigenvalue weighted by Crippen LogP contribution is -2.44. The van der Waals surface area contributed by atoms with Gasteiger partial charge in [-0.3, -0.25) is 4.90 Å². The Hall–Kier alpha value is -0.860. The molecule has 0 saturated carbocycles. The second-order valence-corrected chi connectivity index (χ2v) is 6.45. The number of hydrogen-bond acceptors (Lipinski definition) is 2. The van der Waals surface area contributed by atoms with Gasteiger partial charge in [-0.25, -0.2) is 0 Å². The minimum absolute atomic E-state index is 0.708. The first kappa shape index (κ1) is 14.1. The number of fused-ring (bicyclic) bond motifs is 1. The number of hydrogen-bond donors (Lipinski definition) is 1. The fraction of sp³-hybridized carbons (Fsp3) is 0.667. The normalized spacial score (nSPS) is 27.9. The van der Waals surface area contributed by atoms with Gasteiger partial charge < -0.3 is 5.32 Å². The van der Waals surface area contributed by atoms with Gasteiger partial charge in [-0.05, 0) is 56.3 Å². The lowest BCUT2D eigenvalue weighted by molar-refractivity contribution is 0.174. The zero-order valence-electron chi connectivity index (χ0n) is 12.8. The maximum Gasteiger partial charge on any atom is 0.0195 e. The van der Waals surface area contributed by atoms with Crippen molar-refractivity contribution in [2.24, 2.45) is 0 Å². The predicted molar refractivity (Wildman–Crippen MR) is 85.1 cm³/mol. The first-order valence-corrected chi connectivity index (χ1v) is 8.41. The number of nitrogens with zero attached hydrogens (tertiary/aromatic N) is 1. The topological polar surface area (TPSA) is 15.3 Å². The minimum Gasteiger partial charge on any atom is -0.313 e. The molecule has 0 amide bonds. The zero-order chi connectivity index (χ0) is 13.8. The molecule has 1 heterocycles. The van der Waals surface area contributed by atoms with E-state index in [0.717, 1.165) is 6.04 Å². The van der Waals surface area contributed by atoms with E-state index in [4.69, 9.17) is 0 Å². The van der Waals surface area contributed by atoms with Gasteiger partial charge in [0.15, 0.2) is 0 Å². The summed E-state index contributed by atoms with van der Waals surface area (Å²) in [5, 5.41) is 3.73. The minimum atomic E-state index is 0.708. The molecule has 2 heteroatoms. The Morgan fingerprint density at radius 2 is 2.10 bits per heavy atom. The molecule has 3 rings (SSSR count). The maximum absolute atomic E-state index is 3.73. The van der Waals surface area contributed by atoms with Gasteiger partial charge in [0.05, 0.1) is 0 Å². The van der Waals surface area contributed by atoms with Crippen LogP contribution in [0.1, 0.15) is 43.7 Å². The van der Waals surface area contributed by atoms with Crippen LogP contribution in [0.15, 0.2) is 24.3 Å². The van der Waals surface area contributed by atoms with Gasteiger partial charge in [-0.2, -0.15) is 0 Å². The van der Waals surface area contributed by atoms with Crippen molar-refractivity contribution in [2.45, 2.75) is 57.5 Å². The maximum atomic E-state index is 3.73. The van der Waals surface area contributed by atoms with Gasteiger partial charge in [0.25, 0.3) is 0 Å². The average molecular weight is 272 g/mol. The van der Waals surface area contributed by atoms with Crippen LogP contribution in [0.2, 0.25) is 0 Å². The van der Waals surface area contributed by atoms with Crippen molar-refractivity contribution in [3.8, 4) is 0 Å². The van der Waals surface area contributed by atoms with Crippen LogP contribution < -0.4 is 5.32 Å². The molecule has 2 nitrogen and oxygen atoms in total. The lowest BCUT2D eigenvalue weighted by atomic mass is 9.87. The molecule has 0 spiro atoms. The third-order valence-electron chi connectivity index (χ3n) is 4.98. The molecule has 2 unspecified atom stereocenters. The molecule has 1 aliphatic heterocycles. The molecule has 1 saturated heterocycles. The van der Waals surface area contributed by atoms with Crippen LogP contribution >= 0.6 is 0 Å². The van der Waals surface area contributed by atoms with Crippen LogP contribution in [0.3, 0.4) is 0 Å². The SMILES string of the molecule is CCCC1CN(C2CCc3ccccc3C2)CCCN1. The molecule has 1 aliphatic carbocycles. The highest BCUT2D eigenvalue weighted by atomic mass is 15.2. The molecule has 1 fully saturated rings. The molecular weight excluding hydrogens is 244 g/mol. The summed E-state index contributed by atoms with van der Waals surface area (Å²) in [4.78, 5) is 2.77. The molecule has 2 aliphatic rings. The first-order valence-electron chi connectivity index (χ1n) is 8.41. The van der Waals surface area contributed by atoms with Gasteiger partial charge in [-0.1, -0.05) is 37.6 Å². The van der Waals surface area contributed by atoms with Gasteiger partial charge >= 0.3 is 0 Å². The molecule has 1 aromatic carbocycles. The molecule has 110 valence electrons. The highest BCUT2D eigenvalue weighted by Crippen LogP contribution is 2.25. The summed E-state index contributed by atoms with van der Waals surface area (Å²) in [6, 6.07) is 10.5. The summed E-state index contributed by atoms with van der Waals surface area (Å²) >= 11 is 0. The van der Waals surface area contributed by atoms with Crippen LogP contribution in [-0.2, 0) is 12.8 Å². The molecule has 0 aromatic heterocycles. The third kappa shape index (κ3) is 3.24. The van der Waals surface area contributed by atoms with E-state index in [2.05, 4.69) is 41.4 Å². The Morgan fingerprint density at radius 3 is 2.95 bits per heavy atom. The standard InChI is InChI=1S/C18H28N2/c1-2-6-17-14-20(12-5-11-19-17)18-10-9-15-7-3-4-8-16(15)13-18/h3-4,7-8,17-19H,2,5-6,9-14H2,1H3. The number of benzene rings is 1. The smallest absolute Gasteiger partial charge is 0.0195 e. The van der Waals surface area contributed by atoms with Gasteiger partial charge in [0.2, 0.25) is 0 Å². The number of aryl methyl sites for hydroxylation is 1. The second kappa shape index (κ2) is 6.73. The molecule has 1 N–H and O–H groups in total. The highest BCUT2D eigenvalue weighted by molar-refractivity contribution is 5.30. The largest absolute Gasteiger partial charge is 0.313 e. The van der Waals surface area contributed by atoms with Gasteiger partial charge in [-0.15, -0.1) is 0 Å². The molecule has 0 bridgehead atoms. The zero-order valence-corrected chi connectivity index (χ0v) is 12.8. The van der Waals surface area contributed by atoms with E-state index in [1.54, 1.807) is 11.1 Å². The summed E-state index contributed by atoms with van der Waals surface area (Å²) in [6.45, 7) is 6.03. The Labute approximate surface area is 123 Å². The van der Waals surface area contributed by atoms with Crippen molar-refractivity contribution in [2.75, 3.05) is 19.6 Å². The van der Waals surface area contributed by atoms with E-state index < -0.39 is 0 Å². The Bertz CT molecular complexity index is 429. The van der Waals surface area contributed by atoms with Crippen LogP contribution in [-0.4, -0.2) is 36.6 Å². The summed E-state index contributed by atoms with van der Waals surface area (Å²) in [6.07, 6.45) is 7.78. The molecule has 0 radical (unpaired) electrons.